The van der Waals surface area contributed by atoms with Crippen molar-refractivity contribution in [2.24, 2.45) is 11.8 Å². The monoisotopic (exact) mass is 258 g/mol. The Kier molecular flexibility index (Phi) is 4.22. The van der Waals surface area contributed by atoms with E-state index in [1.165, 1.54) is 12.8 Å². The van der Waals surface area contributed by atoms with E-state index in [9.17, 15) is 8.42 Å². The Hall–Kier alpha value is -0.390. The Morgan fingerprint density at radius 1 is 1.06 bits per heavy atom. The molecule has 5 heteroatoms. The predicted octanol–water partition coefficient (Wildman–Crippen LogP) is 1.17. The van der Waals surface area contributed by atoms with Gasteiger partial charge in [0.1, 0.15) is 0 Å². The second kappa shape index (κ2) is 5.50. The van der Waals surface area contributed by atoms with E-state index in [0.29, 0.717) is 19.0 Å². The van der Waals surface area contributed by atoms with Gasteiger partial charge in [0, 0.05) is 18.5 Å². The third-order valence-corrected chi connectivity index (χ3v) is 5.63. The van der Waals surface area contributed by atoms with Crippen LogP contribution in [0.5, 0.6) is 0 Å². The molecule has 4 nitrogen and oxygen atoms in total. The smallest absolute Gasteiger partial charge is 0.235 e. The zero-order valence-electron chi connectivity index (χ0n) is 10.3. The number of piperidine rings is 2. The molecule has 0 aliphatic carbocycles. The van der Waals surface area contributed by atoms with Gasteiger partial charge in [-0.25, -0.2) is 8.42 Å². The van der Waals surface area contributed by atoms with Crippen molar-refractivity contribution < 1.29 is 8.42 Å². The van der Waals surface area contributed by atoms with Crippen LogP contribution in [0.3, 0.4) is 0 Å². The molecule has 0 bridgehead atoms. The molecule has 2 heterocycles. The highest BCUT2D eigenvalue weighted by atomic mass is 32.2. The zero-order chi connectivity index (χ0) is 12.3. The fourth-order valence-corrected chi connectivity index (χ4v) is 3.95. The van der Waals surface area contributed by atoms with Gasteiger partial charge in [-0.05, 0) is 50.6 Å². The lowest BCUT2D eigenvalue weighted by molar-refractivity contribution is 0.177. The van der Waals surface area contributed by atoms with Gasteiger partial charge in [0.15, 0.2) is 0 Å². The van der Waals surface area contributed by atoms with E-state index < -0.39 is 10.0 Å². The van der Waals surface area contributed by atoms with Crippen LogP contribution in [0.4, 0.5) is 0 Å². The van der Waals surface area contributed by atoms with Crippen LogP contribution < -0.4 is 5.32 Å². The summed E-state index contributed by atoms with van der Waals surface area (Å²) < 4.78 is 24.8. The molecule has 0 amide bonds. The van der Waals surface area contributed by atoms with Crippen LogP contribution in [0.15, 0.2) is 12.0 Å². The molecule has 0 atom stereocenters. The molecule has 0 aromatic rings. The summed E-state index contributed by atoms with van der Waals surface area (Å²) in [4.78, 5) is 0. The van der Waals surface area contributed by atoms with Gasteiger partial charge in [-0.1, -0.05) is 6.58 Å². The summed E-state index contributed by atoms with van der Waals surface area (Å²) in [6.45, 7) is 6.96. The van der Waals surface area contributed by atoms with Gasteiger partial charge in [0.25, 0.3) is 0 Å². The average molecular weight is 258 g/mol. The number of sulfonamides is 1. The lowest BCUT2D eigenvalue weighted by Gasteiger charge is -2.36. The zero-order valence-corrected chi connectivity index (χ0v) is 11.1. The van der Waals surface area contributed by atoms with Crippen molar-refractivity contribution in [3.63, 3.8) is 0 Å². The van der Waals surface area contributed by atoms with Crippen molar-refractivity contribution in [3.8, 4) is 0 Å². The highest BCUT2D eigenvalue weighted by molar-refractivity contribution is 7.92. The molecule has 0 saturated carbocycles. The maximum atomic E-state index is 11.6. The highest BCUT2D eigenvalue weighted by Gasteiger charge is 2.30. The normalized spacial score (nSPS) is 25.9. The van der Waals surface area contributed by atoms with Crippen molar-refractivity contribution >= 4 is 10.0 Å². The molecule has 2 aliphatic rings. The minimum absolute atomic E-state index is 0.670. The lowest BCUT2D eigenvalue weighted by Crippen LogP contribution is -2.41. The number of rotatable bonds is 3. The molecule has 0 unspecified atom stereocenters. The van der Waals surface area contributed by atoms with Crippen molar-refractivity contribution in [1.29, 1.82) is 0 Å². The van der Waals surface area contributed by atoms with Crippen LogP contribution in [0.1, 0.15) is 25.7 Å². The Morgan fingerprint density at radius 3 is 2.12 bits per heavy atom. The van der Waals surface area contributed by atoms with Crippen LogP contribution in [0.25, 0.3) is 0 Å². The van der Waals surface area contributed by atoms with E-state index in [0.717, 1.165) is 37.3 Å². The maximum absolute atomic E-state index is 11.6. The second-order valence-electron chi connectivity index (χ2n) is 5.04. The van der Waals surface area contributed by atoms with E-state index >= 15 is 0 Å². The molecule has 17 heavy (non-hydrogen) atoms. The largest absolute Gasteiger partial charge is 0.317 e. The van der Waals surface area contributed by atoms with Crippen molar-refractivity contribution in [1.82, 2.24) is 9.62 Å². The van der Waals surface area contributed by atoms with Gasteiger partial charge < -0.3 is 5.32 Å². The second-order valence-corrected chi connectivity index (χ2v) is 6.92. The Morgan fingerprint density at radius 2 is 1.59 bits per heavy atom. The molecular weight excluding hydrogens is 236 g/mol. The van der Waals surface area contributed by atoms with Crippen LogP contribution in [-0.4, -0.2) is 38.9 Å². The summed E-state index contributed by atoms with van der Waals surface area (Å²) in [5, 5.41) is 4.44. The molecule has 2 aliphatic heterocycles. The molecular formula is C12H22N2O2S. The van der Waals surface area contributed by atoms with Gasteiger partial charge in [-0.2, -0.15) is 4.31 Å². The molecule has 1 N–H and O–H groups in total. The molecule has 2 fully saturated rings. The Bertz CT molecular complexity index is 353. The molecule has 0 spiro atoms. The number of nitrogens with one attached hydrogen (secondary N) is 1. The van der Waals surface area contributed by atoms with Gasteiger partial charge in [0.2, 0.25) is 10.0 Å². The standard InChI is InChI=1S/C12H22N2O2S/c1-2-17(15,16)14-9-5-12(6-10-14)11-3-7-13-8-4-11/h2,11-13H,1,3-10H2. The third kappa shape index (κ3) is 3.09. The topological polar surface area (TPSA) is 49.4 Å². The summed E-state index contributed by atoms with van der Waals surface area (Å²) in [5.74, 6) is 1.51. The predicted molar refractivity (Wildman–Crippen MR) is 69.0 cm³/mol. The number of hydrogen-bond donors (Lipinski definition) is 1. The Labute approximate surface area is 104 Å². The van der Waals surface area contributed by atoms with E-state index in [1.807, 2.05) is 0 Å². The highest BCUT2D eigenvalue weighted by Crippen LogP contribution is 2.31. The van der Waals surface area contributed by atoms with Crippen molar-refractivity contribution in [2.75, 3.05) is 26.2 Å². The first-order valence-corrected chi connectivity index (χ1v) is 7.97. The fourth-order valence-electron chi connectivity index (χ4n) is 3.02. The summed E-state index contributed by atoms with van der Waals surface area (Å²) in [6, 6.07) is 0. The van der Waals surface area contributed by atoms with Gasteiger partial charge in [-0.3, -0.25) is 0 Å². The van der Waals surface area contributed by atoms with E-state index in [2.05, 4.69) is 11.9 Å². The summed E-state index contributed by atoms with van der Waals surface area (Å²) in [7, 11) is -3.19. The van der Waals surface area contributed by atoms with Crippen LogP contribution in [0, 0.1) is 11.8 Å². The van der Waals surface area contributed by atoms with Crippen LogP contribution in [0.2, 0.25) is 0 Å². The first-order valence-electron chi connectivity index (χ1n) is 6.47. The summed E-state index contributed by atoms with van der Waals surface area (Å²) in [6.07, 6.45) is 4.52. The van der Waals surface area contributed by atoms with Gasteiger partial charge in [0.05, 0.1) is 0 Å². The molecule has 2 saturated heterocycles. The van der Waals surface area contributed by atoms with E-state index in [-0.39, 0.29) is 0 Å². The van der Waals surface area contributed by atoms with E-state index in [1.54, 1.807) is 4.31 Å². The molecule has 0 aromatic heterocycles. The fraction of sp³-hybridized carbons (Fsp3) is 0.833. The quantitative estimate of drug-likeness (QED) is 0.827. The maximum Gasteiger partial charge on any atom is 0.235 e. The van der Waals surface area contributed by atoms with Gasteiger partial charge in [-0.15, -0.1) is 0 Å². The molecule has 0 radical (unpaired) electrons. The van der Waals surface area contributed by atoms with Crippen molar-refractivity contribution in [2.45, 2.75) is 25.7 Å². The first kappa shape index (κ1) is 13.1. The Balaban J connectivity index is 1.87. The third-order valence-electron chi connectivity index (χ3n) is 4.12. The number of hydrogen-bond acceptors (Lipinski definition) is 3. The SMILES string of the molecule is C=CS(=O)(=O)N1CCC(C2CCNCC2)CC1. The van der Waals surface area contributed by atoms with Crippen LogP contribution in [-0.2, 0) is 10.0 Å². The number of nitrogens with zero attached hydrogens (tertiary/aromatic N) is 1. The average Bonchev–Trinajstić information content (AvgIpc) is 2.40. The van der Waals surface area contributed by atoms with Crippen molar-refractivity contribution in [3.05, 3.63) is 12.0 Å². The van der Waals surface area contributed by atoms with Crippen LogP contribution >= 0.6 is 0 Å². The minimum Gasteiger partial charge on any atom is -0.317 e. The molecule has 2 rings (SSSR count). The lowest BCUT2D eigenvalue weighted by atomic mass is 9.79. The molecule has 0 aromatic carbocycles. The first-order chi connectivity index (χ1) is 8.13. The van der Waals surface area contributed by atoms with Gasteiger partial charge >= 0.3 is 0 Å². The minimum atomic E-state index is -3.19. The summed E-state index contributed by atoms with van der Waals surface area (Å²) in [5.41, 5.74) is 0. The summed E-state index contributed by atoms with van der Waals surface area (Å²) >= 11 is 0. The molecule has 98 valence electrons. The van der Waals surface area contributed by atoms with E-state index in [4.69, 9.17) is 0 Å².